The number of hydrogen-bond acceptors (Lipinski definition) is 3. The molecule has 0 radical (unpaired) electrons. The van der Waals surface area contributed by atoms with E-state index in [1.807, 2.05) is 6.92 Å². The molecule has 4 nitrogen and oxygen atoms in total. The Morgan fingerprint density at radius 3 is 2.47 bits per heavy atom. The van der Waals surface area contributed by atoms with E-state index in [9.17, 15) is 10.1 Å². The summed E-state index contributed by atoms with van der Waals surface area (Å²) in [5, 5.41) is 10.9. The van der Waals surface area contributed by atoms with Crippen molar-refractivity contribution >= 4 is 21.6 Å². The molecule has 1 fully saturated rings. The standard InChI is InChI=1S/C14H18BrNO3/c1-8-6-11(9(2)5-10(8)16(17)18)19-13-7-12(15)14(13,3)4/h5-6,12-13H,7H2,1-4H3. The minimum Gasteiger partial charge on any atom is -0.489 e. The minimum absolute atomic E-state index is 0.0854. The lowest BCUT2D eigenvalue weighted by atomic mass is 9.69. The highest BCUT2D eigenvalue weighted by Gasteiger charge is 2.48. The van der Waals surface area contributed by atoms with Crippen LogP contribution in [0.3, 0.4) is 0 Å². The van der Waals surface area contributed by atoms with Gasteiger partial charge in [-0.1, -0.05) is 29.8 Å². The average Bonchev–Trinajstić information content (AvgIpc) is 2.32. The Balaban J connectivity index is 2.23. The van der Waals surface area contributed by atoms with Crippen LogP contribution in [0.4, 0.5) is 5.69 Å². The molecule has 0 heterocycles. The summed E-state index contributed by atoms with van der Waals surface area (Å²) in [6, 6.07) is 3.35. The van der Waals surface area contributed by atoms with Crippen LogP contribution in [0.15, 0.2) is 12.1 Å². The minimum atomic E-state index is -0.353. The van der Waals surface area contributed by atoms with Gasteiger partial charge in [-0.25, -0.2) is 0 Å². The molecule has 0 bridgehead atoms. The van der Waals surface area contributed by atoms with E-state index >= 15 is 0 Å². The number of nitro groups is 1. The molecular formula is C14H18BrNO3. The van der Waals surface area contributed by atoms with Gasteiger partial charge in [-0.15, -0.1) is 0 Å². The highest BCUT2D eigenvalue weighted by Crippen LogP contribution is 2.47. The van der Waals surface area contributed by atoms with Gasteiger partial charge in [0.2, 0.25) is 0 Å². The van der Waals surface area contributed by atoms with Crippen LogP contribution in [0.2, 0.25) is 0 Å². The Morgan fingerprint density at radius 2 is 2.00 bits per heavy atom. The van der Waals surface area contributed by atoms with Crippen molar-refractivity contribution in [3.8, 4) is 5.75 Å². The average molecular weight is 328 g/mol. The molecule has 19 heavy (non-hydrogen) atoms. The van der Waals surface area contributed by atoms with Crippen molar-refractivity contribution in [3.05, 3.63) is 33.4 Å². The molecule has 1 saturated carbocycles. The smallest absolute Gasteiger partial charge is 0.272 e. The fourth-order valence-corrected chi connectivity index (χ4v) is 2.92. The van der Waals surface area contributed by atoms with Gasteiger partial charge in [0.25, 0.3) is 5.69 Å². The maximum Gasteiger partial charge on any atom is 0.272 e. The highest BCUT2D eigenvalue weighted by molar-refractivity contribution is 9.09. The first kappa shape index (κ1) is 14.3. The third-order valence-electron chi connectivity index (χ3n) is 4.02. The van der Waals surface area contributed by atoms with E-state index in [0.717, 1.165) is 17.7 Å². The number of nitrogens with zero attached hydrogens (tertiary/aromatic N) is 1. The summed E-state index contributed by atoms with van der Waals surface area (Å²) < 4.78 is 6.03. The summed E-state index contributed by atoms with van der Waals surface area (Å²) in [7, 11) is 0. The first-order valence-electron chi connectivity index (χ1n) is 6.30. The fraction of sp³-hybridized carbons (Fsp3) is 0.571. The molecule has 5 heteroatoms. The van der Waals surface area contributed by atoms with Gasteiger partial charge in [0.05, 0.1) is 4.92 Å². The second-order valence-electron chi connectivity index (χ2n) is 5.79. The number of hydrogen-bond donors (Lipinski definition) is 0. The van der Waals surface area contributed by atoms with Gasteiger partial charge in [-0.05, 0) is 31.9 Å². The molecule has 0 spiro atoms. The molecule has 2 unspecified atom stereocenters. The number of alkyl halides is 1. The Labute approximate surface area is 121 Å². The number of nitro benzene ring substituents is 1. The predicted molar refractivity (Wildman–Crippen MR) is 78.1 cm³/mol. The molecule has 1 aliphatic carbocycles. The zero-order chi connectivity index (χ0) is 14.4. The van der Waals surface area contributed by atoms with Crippen molar-refractivity contribution in [3.63, 3.8) is 0 Å². The van der Waals surface area contributed by atoms with Gasteiger partial charge in [0.1, 0.15) is 11.9 Å². The third-order valence-corrected chi connectivity index (χ3v) is 5.57. The quantitative estimate of drug-likeness (QED) is 0.476. The lowest BCUT2D eigenvalue weighted by Crippen LogP contribution is -2.53. The van der Waals surface area contributed by atoms with Gasteiger partial charge in [-0.3, -0.25) is 10.1 Å². The van der Waals surface area contributed by atoms with Crippen molar-refractivity contribution in [1.29, 1.82) is 0 Å². The highest BCUT2D eigenvalue weighted by atomic mass is 79.9. The number of halogens is 1. The van der Waals surface area contributed by atoms with Gasteiger partial charge in [0, 0.05) is 21.9 Å². The van der Waals surface area contributed by atoms with Crippen LogP contribution in [0, 0.1) is 29.4 Å². The maximum atomic E-state index is 10.9. The summed E-state index contributed by atoms with van der Waals surface area (Å²) in [4.78, 5) is 11.0. The monoisotopic (exact) mass is 327 g/mol. The van der Waals surface area contributed by atoms with Gasteiger partial charge in [0.15, 0.2) is 0 Å². The van der Waals surface area contributed by atoms with Crippen molar-refractivity contribution in [2.75, 3.05) is 0 Å². The lowest BCUT2D eigenvalue weighted by molar-refractivity contribution is -0.385. The molecule has 104 valence electrons. The summed E-state index contributed by atoms with van der Waals surface area (Å²) >= 11 is 3.63. The van der Waals surface area contributed by atoms with E-state index < -0.39 is 0 Å². The van der Waals surface area contributed by atoms with Crippen molar-refractivity contribution < 1.29 is 9.66 Å². The molecule has 0 N–H and O–H groups in total. The van der Waals surface area contributed by atoms with Crippen LogP contribution in [0.1, 0.15) is 31.4 Å². The number of benzene rings is 1. The number of rotatable bonds is 3. The van der Waals surface area contributed by atoms with E-state index in [2.05, 4.69) is 29.8 Å². The van der Waals surface area contributed by atoms with Crippen LogP contribution in [0.25, 0.3) is 0 Å². The fourth-order valence-electron chi connectivity index (χ4n) is 2.29. The van der Waals surface area contributed by atoms with Gasteiger partial charge < -0.3 is 4.74 Å². The first-order valence-corrected chi connectivity index (χ1v) is 7.21. The van der Waals surface area contributed by atoms with Crippen LogP contribution < -0.4 is 4.74 Å². The van der Waals surface area contributed by atoms with E-state index in [0.29, 0.717) is 10.4 Å². The van der Waals surface area contributed by atoms with Crippen LogP contribution in [-0.2, 0) is 0 Å². The molecular weight excluding hydrogens is 310 g/mol. The van der Waals surface area contributed by atoms with Crippen LogP contribution in [-0.4, -0.2) is 15.9 Å². The molecule has 0 aromatic heterocycles. The molecule has 0 aliphatic heterocycles. The molecule has 1 aromatic carbocycles. The van der Waals surface area contributed by atoms with E-state index in [4.69, 9.17) is 4.74 Å². The van der Waals surface area contributed by atoms with Crippen molar-refractivity contribution in [1.82, 2.24) is 0 Å². The first-order chi connectivity index (χ1) is 8.73. The lowest BCUT2D eigenvalue weighted by Gasteiger charge is -2.48. The molecule has 1 aliphatic rings. The summed E-state index contributed by atoms with van der Waals surface area (Å²) in [6.07, 6.45) is 1.11. The third kappa shape index (κ3) is 2.48. The summed E-state index contributed by atoms with van der Waals surface area (Å²) in [5.74, 6) is 0.751. The van der Waals surface area contributed by atoms with E-state index in [1.54, 1.807) is 19.1 Å². The molecule has 1 aromatic rings. The largest absolute Gasteiger partial charge is 0.489 e. The number of ether oxygens (including phenoxy) is 1. The normalized spacial score (nSPS) is 24.7. The van der Waals surface area contributed by atoms with Gasteiger partial charge in [-0.2, -0.15) is 0 Å². The van der Waals surface area contributed by atoms with Gasteiger partial charge >= 0.3 is 0 Å². The molecule has 2 atom stereocenters. The van der Waals surface area contributed by atoms with E-state index in [1.165, 1.54) is 0 Å². The summed E-state index contributed by atoms with van der Waals surface area (Å²) in [5.41, 5.74) is 1.68. The number of aryl methyl sites for hydroxylation is 2. The zero-order valence-corrected chi connectivity index (χ0v) is 13.2. The van der Waals surface area contributed by atoms with Crippen LogP contribution in [0.5, 0.6) is 5.75 Å². The predicted octanol–water partition coefficient (Wildman–Crippen LogP) is 4.15. The van der Waals surface area contributed by atoms with Crippen molar-refractivity contribution in [2.45, 2.75) is 45.0 Å². The second kappa shape index (κ2) is 4.78. The SMILES string of the molecule is Cc1cc([N+](=O)[O-])c(C)cc1OC1CC(Br)C1(C)C. The maximum absolute atomic E-state index is 10.9. The summed E-state index contributed by atoms with van der Waals surface area (Å²) in [6.45, 7) is 7.91. The molecule has 0 saturated heterocycles. The Bertz CT molecular complexity index is 528. The second-order valence-corrected chi connectivity index (χ2v) is 6.90. The zero-order valence-electron chi connectivity index (χ0n) is 11.6. The topological polar surface area (TPSA) is 52.4 Å². The molecule has 0 amide bonds. The van der Waals surface area contributed by atoms with Crippen molar-refractivity contribution in [2.24, 2.45) is 5.41 Å². The Kier molecular flexibility index (Phi) is 3.60. The Morgan fingerprint density at radius 1 is 1.37 bits per heavy atom. The van der Waals surface area contributed by atoms with Crippen LogP contribution >= 0.6 is 15.9 Å². The molecule has 2 rings (SSSR count). The van der Waals surface area contributed by atoms with E-state index in [-0.39, 0.29) is 22.1 Å². The Hall–Kier alpha value is -1.10.